The summed E-state index contributed by atoms with van der Waals surface area (Å²) in [6.07, 6.45) is -0.593. The lowest BCUT2D eigenvalue weighted by Crippen LogP contribution is -2.31. The molecule has 2 N–H and O–H groups in total. The lowest BCUT2D eigenvalue weighted by atomic mass is 10.1. The third-order valence-corrected chi connectivity index (χ3v) is 2.77. The molecule has 0 saturated heterocycles. The average Bonchev–Trinajstić information content (AvgIpc) is 2.36. The second kappa shape index (κ2) is 5.33. The van der Waals surface area contributed by atoms with E-state index in [9.17, 15) is 4.79 Å². The monoisotopic (exact) mass is 264 g/mol. The zero-order chi connectivity index (χ0) is 13.1. The van der Waals surface area contributed by atoms with E-state index in [1.54, 1.807) is 13.0 Å². The van der Waals surface area contributed by atoms with Crippen LogP contribution in [0, 0.1) is 0 Å². The summed E-state index contributed by atoms with van der Waals surface area (Å²) in [6.45, 7) is 1.78. The molecular weight excluding hydrogens is 252 g/mol. The highest BCUT2D eigenvalue weighted by atomic mass is 35.5. The molecule has 0 radical (unpaired) electrons. The molecule has 5 heteroatoms. The van der Waals surface area contributed by atoms with Crippen LogP contribution in [0.3, 0.4) is 0 Å². The van der Waals surface area contributed by atoms with Crippen molar-refractivity contribution in [3.63, 3.8) is 0 Å². The van der Waals surface area contributed by atoms with Crippen LogP contribution in [0.5, 0.6) is 0 Å². The van der Waals surface area contributed by atoms with E-state index in [4.69, 9.17) is 16.7 Å². The predicted molar refractivity (Wildman–Crippen MR) is 70.8 cm³/mol. The highest BCUT2D eigenvalue weighted by Crippen LogP contribution is 2.22. The number of rotatable bonds is 3. The topological polar surface area (TPSA) is 62.2 Å². The van der Waals surface area contributed by atoms with Crippen LogP contribution in [0.2, 0.25) is 5.15 Å². The van der Waals surface area contributed by atoms with Crippen molar-refractivity contribution in [3.05, 3.63) is 41.2 Å². The molecular formula is C13H13ClN2O2. The van der Waals surface area contributed by atoms with Crippen LogP contribution < -0.4 is 5.32 Å². The molecule has 0 unspecified atom stereocenters. The standard InChI is InChI=1S/C13H13ClN2O2/c1-8(17)7-15-13(18)11-6-9-4-2-3-5-10(9)12(14)16-11/h2-6,8,17H,7H2,1H3,(H,15,18)/t8-/m0/s1. The number of amides is 1. The summed E-state index contributed by atoms with van der Waals surface area (Å²) in [5.41, 5.74) is 0.249. The van der Waals surface area contributed by atoms with Gasteiger partial charge < -0.3 is 10.4 Å². The molecule has 94 valence electrons. The minimum absolute atomic E-state index is 0.185. The summed E-state index contributed by atoms with van der Waals surface area (Å²) in [7, 11) is 0. The van der Waals surface area contributed by atoms with Gasteiger partial charge in [0.15, 0.2) is 0 Å². The van der Waals surface area contributed by atoms with Gasteiger partial charge in [0.25, 0.3) is 5.91 Å². The third-order valence-electron chi connectivity index (χ3n) is 2.48. The smallest absolute Gasteiger partial charge is 0.270 e. The molecule has 0 aliphatic heterocycles. The summed E-state index contributed by atoms with van der Waals surface area (Å²) >= 11 is 6.03. The van der Waals surface area contributed by atoms with Crippen molar-refractivity contribution in [2.24, 2.45) is 0 Å². The molecule has 1 amide bonds. The van der Waals surface area contributed by atoms with Gasteiger partial charge in [0, 0.05) is 11.9 Å². The number of nitrogens with zero attached hydrogens (tertiary/aromatic N) is 1. The number of pyridine rings is 1. The number of fused-ring (bicyclic) bond motifs is 1. The Morgan fingerprint density at radius 3 is 2.94 bits per heavy atom. The van der Waals surface area contributed by atoms with Crippen molar-refractivity contribution in [3.8, 4) is 0 Å². The molecule has 0 saturated carbocycles. The lowest BCUT2D eigenvalue weighted by Gasteiger charge is -2.08. The van der Waals surface area contributed by atoms with Crippen LogP contribution in [0.15, 0.2) is 30.3 Å². The maximum absolute atomic E-state index is 11.8. The number of aliphatic hydroxyl groups is 1. The van der Waals surface area contributed by atoms with Crippen LogP contribution in [0.4, 0.5) is 0 Å². The Hall–Kier alpha value is -1.65. The van der Waals surface area contributed by atoms with Gasteiger partial charge in [-0.25, -0.2) is 4.98 Å². The number of aliphatic hydroxyl groups excluding tert-OH is 1. The Labute approximate surface area is 110 Å². The number of aromatic nitrogens is 1. The first-order valence-corrected chi connectivity index (χ1v) is 5.97. The highest BCUT2D eigenvalue weighted by molar-refractivity contribution is 6.34. The molecule has 0 aliphatic carbocycles. The van der Waals surface area contributed by atoms with E-state index in [0.717, 1.165) is 10.8 Å². The number of carbonyl (C=O) groups is 1. The van der Waals surface area contributed by atoms with Crippen molar-refractivity contribution < 1.29 is 9.90 Å². The maximum atomic E-state index is 11.8. The Bertz CT molecular complexity index is 584. The van der Waals surface area contributed by atoms with Crippen molar-refractivity contribution in [1.82, 2.24) is 10.3 Å². The first-order valence-electron chi connectivity index (χ1n) is 5.59. The number of benzene rings is 1. The largest absolute Gasteiger partial charge is 0.392 e. The number of hydrogen-bond acceptors (Lipinski definition) is 3. The molecule has 0 aliphatic rings. The SMILES string of the molecule is C[C@H](O)CNC(=O)c1cc2ccccc2c(Cl)n1. The van der Waals surface area contributed by atoms with Crippen LogP contribution in [0.25, 0.3) is 10.8 Å². The zero-order valence-corrected chi connectivity index (χ0v) is 10.6. The van der Waals surface area contributed by atoms with Gasteiger partial charge in [-0.05, 0) is 18.4 Å². The van der Waals surface area contributed by atoms with Crippen LogP contribution in [0.1, 0.15) is 17.4 Å². The highest BCUT2D eigenvalue weighted by Gasteiger charge is 2.11. The summed E-state index contributed by atoms with van der Waals surface area (Å²) in [4.78, 5) is 15.9. The summed E-state index contributed by atoms with van der Waals surface area (Å²) in [6, 6.07) is 9.13. The van der Waals surface area contributed by atoms with Gasteiger partial charge in [0.1, 0.15) is 10.8 Å². The molecule has 0 spiro atoms. The molecule has 0 fully saturated rings. The van der Waals surface area contributed by atoms with Crippen molar-refractivity contribution in [2.75, 3.05) is 6.54 Å². The maximum Gasteiger partial charge on any atom is 0.270 e. The molecule has 1 atom stereocenters. The molecule has 0 bridgehead atoms. The zero-order valence-electron chi connectivity index (χ0n) is 9.85. The summed E-state index contributed by atoms with van der Waals surface area (Å²) in [5, 5.41) is 13.7. The summed E-state index contributed by atoms with van der Waals surface area (Å²) < 4.78 is 0. The van der Waals surface area contributed by atoms with Gasteiger partial charge in [0.2, 0.25) is 0 Å². The van der Waals surface area contributed by atoms with Gasteiger partial charge in [0.05, 0.1) is 6.10 Å². The van der Waals surface area contributed by atoms with E-state index >= 15 is 0 Å². The minimum Gasteiger partial charge on any atom is -0.392 e. The van der Waals surface area contributed by atoms with Gasteiger partial charge in [-0.2, -0.15) is 0 Å². The predicted octanol–water partition coefficient (Wildman–Crippen LogP) is 2.00. The number of hydrogen-bond donors (Lipinski definition) is 2. The number of nitrogens with one attached hydrogen (secondary N) is 1. The van der Waals surface area contributed by atoms with Gasteiger partial charge in [-0.3, -0.25) is 4.79 Å². The van der Waals surface area contributed by atoms with Gasteiger partial charge in [-0.15, -0.1) is 0 Å². The van der Waals surface area contributed by atoms with E-state index in [0.29, 0.717) is 5.15 Å². The Morgan fingerprint density at radius 2 is 2.22 bits per heavy atom. The molecule has 18 heavy (non-hydrogen) atoms. The van der Waals surface area contributed by atoms with E-state index < -0.39 is 6.10 Å². The van der Waals surface area contributed by atoms with Crippen molar-refractivity contribution in [1.29, 1.82) is 0 Å². The normalized spacial score (nSPS) is 12.4. The van der Waals surface area contributed by atoms with E-state index in [1.807, 2.05) is 24.3 Å². The van der Waals surface area contributed by atoms with E-state index in [2.05, 4.69) is 10.3 Å². The Balaban J connectivity index is 2.31. The minimum atomic E-state index is -0.593. The van der Waals surface area contributed by atoms with Crippen LogP contribution >= 0.6 is 11.6 Å². The third kappa shape index (κ3) is 2.78. The molecule has 1 aromatic heterocycles. The molecule has 1 heterocycles. The second-order valence-corrected chi connectivity index (χ2v) is 4.44. The fraction of sp³-hybridized carbons (Fsp3) is 0.231. The van der Waals surface area contributed by atoms with Crippen molar-refractivity contribution in [2.45, 2.75) is 13.0 Å². The molecule has 2 aromatic rings. The van der Waals surface area contributed by atoms with E-state index in [-0.39, 0.29) is 18.1 Å². The number of halogens is 1. The average molecular weight is 265 g/mol. The second-order valence-electron chi connectivity index (χ2n) is 4.08. The fourth-order valence-corrected chi connectivity index (χ4v) is 1.87. The van der Waals surface area contributed by atoms with Gasteiger partial charge >= 0.3 is 0 Å². The Kier molecular flexibility index (Phi) is 3.79. The fourth-order valence-electron chi connectivity index (χ4n) is 1.60. The number of carbonyl (C=O) groups excluding carboxylic acids is 1. The summed E-state index contributed by atoms with van der Waals surface area (Å²) in [5.74, 6) is -0.344. The van der Waals surface area contributed by atoms with Crippen LogP contribution in [-0.4, -0.2) is 28.6 Å². The molecule has 1 aromatic carbocycles. The van der Waals surface area contributed by atoms with Crippen molar-refractivity contribution >= 4 is 28.3 Å². The Morgan fingerprint density at radius 1 is 1.50 bits per heavy atom. The first kappa shape index (κ1) is 12.8. The van der Waals surface area contributed by atoms with E-state index in [1.165, 1.54) is 0 Å². The molecule has 4 nitrogen and oxygen atoms in total. The lowest BCUT2D eigenvalue weighted by molar-refractivity contribution is 0.0919. The van der Waals surface area contributed by atoms with Crippen LogP contribution in [-0.2, 0) is 0 Å². The van der Waals surface area contributed by atoms with Gasteiger partial charge in [-0.1, -0.05) is 35.9 Å². The first-order chi connectivity index (χ1) is 8.58. The molecule has 2 rings (SSSR count). The quantitative estimate of drug-likeness (QED) is 0.834.